The van der Waals surface area contributed by atoms with Gasteiger partial charge in [0.15, 0.2) is 9.84 Å². The van der Waals surface area contributed by atoms with E-state index in [-0.39, 0.29) is 24.0 Å². The first-order valence-electron chi connectivity index (χ1n) is 9.50. The fraction of sp³-hybridized carbons (Fsp3) is 0.227. The van der Waals surface area contributed by atoms with Crippen molar-refractivity contribution in [3.63, 3.8) is 0 Å². The molecule has 0 aliphatic carbocycles. The molecule has 5 nitrogen and oxygen atoms in total. The molecule has 0 spiro atoms. The molecule has 0 radical (unpaired) electrons. The van der Waals surface area contributed by atoms with Gasteiger partial charge in [-0.15, -0.1) is 11.3 Å². The van der Waals surface area contributed by atoms with E-state index in [1.807, 2.05) is 17.5 Å². The Labute approximate surface area is 178 Å². The van der Waals surface area contributed by atoms with Crippen molar-refractivity contribution in [2.45, 2.75) is 11.7 Å². The molecule has 30 heavy (non-hydrogen) atoms. The maximum absolute atomic E-state index is 13.1. The molecule has 1 aromatic heterocycles. The van der Waals surface area contributed by atoms with Gasteiger partial charge in [-0.05, 0) is 60.3 Å². The molecule has 3 aromatic rings. The standard InChI is InChI=1S/C22H20FNO4S2/c23-17-6-8-18(9-7-17)28-19-4-1-3-16(15-19)22(25)24-11-10-21(20-5-2-13-29-20)30(26,27)14-12-24/h1-9,13,15,21H,10-12,14H2/t21-/m1/s1. The number of carbonyl (C=O) groups excluding carboxylic acids is 1. The maximum Gasteiger partial charge on any atom is 0.254 e. The van der Waals surface area contributed by atoms with E-state index in [9.17, 15) is 17.6 Å². The fourth-order valence-corrected chi connectivity index (χ4v) is 6.46. The number of thiophene rings is 1. The summed E-state index contributed by atoms with van der Waals surface area (Å²) in [6.45, 7) is 0.524. The molecule has 1 aliphatic rings. The zero-order chi connectivity index (χ0) is 21.1. The number of amides is 1. The van der Waals surface area contributed by atoms with Gasteiger partial charge in [0.05, 0.1) is 11.0 Å². The Morgan fingerprint density at radius 2 is 1.83 bits per heavy atom. The van der Waals surface area contributed by atoms with E-state index in [4.69, 9.17) is 4.74 Å². The van der Waals surface area contributed by atoms with Crippen LogP contribution in [0.25, 0.3) is 0 Å². The molecule has 1 fully saturated rings. The van der Waals surface area contributed by atoms with Crippen LogP contribution in [0.4, 0.5) is 4.39 Å². The van der Waals surface area contributed by atoms with Crippen molar-refractivity contribution >= 4 is 27.1 Å². The molecule has 0 unspecified atom stereocenters. The van der Waals surface area contributed by atoms with Crippen LogP contribution in [-0.4, -0.2) is 38.1 Å². The molecule has 4 rings (SSSR count). The van der Waals surface area contributed by atoms with E-state index < -0.39 is 15.1 Å². The Morgan fingerprint density at radius 1 is 1.03 bits per heavy atom. The van der Waals surface area contributed by atoms with Crippen LogP contribution in [0, 0.1) is 5.82 Å². The highest BCUT2D eigenvalue weighted by molar-refractivity contribution is 7.91. The summed E-state index contributed by atoms with van der Waals surface area (Å²) < 4.78 is 44.2. The molecule has 2 heterocycles. The number of rotatable bonds is 4. The van der Waals surface area contributed by atoms with E-state index in [1.54, 1.807) is 29.2 Å². The van der Waals surface area contributed by atoms with Crippen molar-refractivity contribution in [3.8, 4) is 11.5 Å². The predicted molar refractivity (Wildman–Crippen MR) is 114 cm³/mol. The van der Waals surface area contributed by atoms with E-state index in [0.717, 1.165) is 4.88 Å². The average molecular weight is 446 g/mol. The first-order valence-corrected chi connectivity index (χ1v) is 12.1. The summed E-state index contributed by atoms with van der Waals surface area (Å²) in [6, 6.07) is 16.0. The van der Waals surface area contributed by atoms with Crippen molar-refractivity contribution in [1.29, 1.82) is 0 Å². The van der Waals surface area contributed by atoms with Gasteiger partial charge in [-0.25, -0.2) is 12.8 Å². The van der Waals surface area contributed by atoms with Gasteiger partial charge in [-0.1, -0.05) is 12.1 Å². The lowest BCUT2D eigenvalue weighted by atomic mass is 10.1. The van der Waals surface area contributed by atoms with Gasteiger partial charge in [-0.3, -0.25) is 4.79 Å². The van der Waals surface area contributed by atoms with Crippen molar-refractivity contribution in [3.05, 3.63) is 82.3 Å². The highest BCUT2D eigenvalue weighted by Crippen LogP contribution is 2.33. The zero-order valence-electron chi connectivity index (χ0n) is 16.0. The van der Waals surface area contributed by atoms with Gasteiger partial charge in [0.1, 0.15) is 17.3 Å². The van der Waals surface area contributed by atoms with Crippen LogP contribution in [0.2, 0.25) is 0 Å². The lowest BCUT2D eigenvalue weighted by Gasteiger charge is -2.20. The van der Waals surface area contributed by atoms with Crippen LogP contribution in [0.1, 0.15) is 26.9 Å². The SMILES string of the molecule is O=C(c1cccc(Oc2ccc(F)cc2)c1)N1CC[C@H](c2cccs2)S(=O)(=O)CC1. The molecule has 2 aromatic carbocycles. The smallest absolute Gasteiger partial charge is 0.254 e. The molecule has 1 atom stereocenters. The van der Waals surface area contributed by atoms with E-state index >= 15 is 0 Å². The summed E-state index contributed by atoms with van der Waals surface area (Å²) in [6.07, 6.45) is 0.375. The minimum absolute atomic E-state index is 0.0624. The van der Waals surface area contributed by atoms with Crippen molar-refractivity contribution in [1.82, 2.24) is 4.90 Å². The first-order chi connectivity index (χ1) is 14.4. The Kier molecular flexibility index (Phi) is 5.87. The first kappa shape index (κ1) is 20.6. The second kappa shape index (κ2) is 8.57. The van der Waals surface area contributed by atoms with Crippen molar-refractivity contribution in [2.24, 2.45) is 0 Å². The molecule has 0 N–H and O–H groups in total. The number of ether oxygens (including phenoxy) is 1. The molecule has 156 valence electrons. The third-order valence-corrected chi connectivity index (χ3v) is 8.26. The maximum atomic E-state index is 13.1. The van der Waals surface area contributed by atoms with Crippen molar-refractivity contribution in [2.75, 3.05) is 18.8 Å². The molecular formula is C22H20FNO4S2. The number of hydrogen-bond acceptors (Lipinski definition) is 5. The molecule has 1 saturated heterocycles. The largest absolute Gasteiger partial charge is 0.457 e. The molecular weight excluding hydrogens is 425 g/mol. The normalized spacial score (nSPS) is 18.6. The van der Waals surface area contributed by atoms with Crippen LogP contribution in [0.15, 0.2) is 66.0 Å². The van der Waals surface area contributed by atoms with Crippen molar-refractivity contribution < 1.29 is 22.3 Å². The van der Waals surface area contributed by atoms with E-state index in [0.29, 0.717) is 30.0 Å². The molecule has 1 aliphatic heterocycles. The summed E-state index contributed by atoms with van der Waals surface area (Å²) >= 11 is 1.43. The Balaban J connectivity index is 1.50. The topological polar surface area (TPSA) is 63.7 Å². The minimum Gasteiger partial charge on any atom is -0.457 e. The van der Waals surface area contributed by atoms with Gasteiger partial charge in [0, 0.05) is 23.5 Å². The van der Waals surface area contributed by atoms with Crippen LogP contribution in [0.5, 0.6) is 11.5 Å². The summed E-state index contributed by atoms with van der Waals surface area (Å²) in [4.78, 5) is 15.4. The number of sulfone groups is 1. The molecule has 1 amide bonds. The lowest BCUT2D eigenvalue weighted by Crippen LogP contribution is -2.33. The second-order valence-electron chi connectivity index (χ2n) is 7.04. The lowest BCUT2D eigenvalue weighted by molar-refractivity contribution is 0.0766. The number of carbonyl (C=O) groups is 1. The fourth-order valence-electron chi connectivity index (χ4n) is 3.45. The Bertz CT molecular complexity index is 1130. The van der Waals surface area contributed by atoms with Crippen LogP contribution >= 0.6 is 11.3 Å². The Morgan fingerprint density at radius 3 is 2.57 bits per heavy atom. The van der Waals surface area contributed by atoms with Gasteiger partial charge in [0.25, 0.3) is 5.91 Å². The highest BCUT2D eigenvalue weighted by Gasteiger charge is 2.33. The average Bonchev–Trinajstić information content (AvgIpc) is 3.20. The summed E-state index contributed by atoms with van der Waals surface area (Å²) in [7, 11) is -3.32. The van der Waals surface area contributed by atoms with Gasteiger partial charge < -0.3 is 9.64 Å². The second-order valence-corrected chi connectivity index (χ2v) is 10.3. The van der Waals surface area contributed by atoms with E-state index in [2.05, 4.69) is 0 Å². The number of halogens is 1. The number of hydrogen-bond donors (Lipinski definition) is 0. The highest BCUT2D eigenvalue weighted by atomic mass is 32.2. The van der Waals surface area contributed by atoms with E-state index in [1.165, 1.54) is 35.6 Å². The zero-order valence-corrected chi connectivity index (χ0v) is 17.7. The predicted octanol–water partition coefficient (Wildman–Crippen LogP) is 4.68. The number of nitrogens with zero attached hydrogens (tertiary/aromatic N) is 1. The third-order valence-electron chi connectivity index (χ3n) is 5.02. The van der Waals surface area contributed by atoms with Crippen LogP contribution in [0.3, 0.4) is 0 Å². The summed E-state index contributed by atoms with van der Waals surface area (Å²) in [5.74, 6) is 0.254. The summed E-state index contributed by atoms with van der Waals surface area (Å²) in [5, 5.41) is 1.30. The van der Waals surface area contributed by atoms with Crippen LogP contribution < -0.4 is 4.74 Å². The third kappa shape index (κ3) is 4.55. The number of benzene rings is 2. The summed E-state index contributed by atoms with van der Waals surface area (Å²) in [5.41, 5.74) is 0.418. The molecule has 0 bridgehead atoms. The van der Waals surface area contributed by atoms with Gasteiger partial charge in [0.2, 0.25) is 0 Å². The quantitative estimate of drug-likeness (QED) is 0.585. The molecule has 8 heteroatoms. The van der Waals surface area contributed by atoms with Gasteiger partial charge in [-0.2, -0.15) is 0 Å². The molecule has 0 saturated carbocycles. The minimum atomic E-state index is -3.32. The monoisotopic (exact) mass is 445 g/mol. The Hall–Kier alpha value is -2.71. The van der Waals surface area contributed by atoms with Crippen LogP contribution in [-0.2, 0) is 9.84 Å². The van der Waals surface area contributed by atoms with Gasteiger partial charge >= 0.3 is 0 Å².